The molecular formula is C20H36. The second-order valence-electron chi connectivity index (χ2n) is 6.34. The summed E-state index contributed by atoms with van der Waals surface area (Å²) in [4.78, 5) is 0. The summed E-state index contributed by atoms with van der Waals surface area (Å²) in [6.07, 6.45) is 11.6. The highest BCUT2D eigenvalue weighted by Crippen LogP contribution is 2.44. The Kier molecular flexibility index (Phi) is 7.62. The van der Waals surface area contributed by atoms with E-state index in [0.29, 0.717) is 0 Å². The summed E-state index contributed by atoms with van der Waals surface area (Å²) in [5.74, 6) is 2.39. The molecule has 0 heteroatoms. The quantitative estimate of drug-likeness (QED) is 0.428. The van der Waals surface area contributed by atoms with Crippen molar-refractivity contribution < 1.29 is 0 Å². The normalized spacial score (nSPS) is 15.9. The van der Waals surface area contributed by atoms with Gasteiger partial charge in [-0.05, 0) is 73.8 Å². The molecule has 0 aromatic heterocycles. The fraction of sp³-hybridized carbons (Fsp3) is 0.800. The molecule has 0 spiro atoms. The first kappa shape index (κ1) is 17.5. The molecule has 0 aromatic rings. The number of allylic oxidation sites excluding steroid dienone is 4. The van der Waals surface area contributed by atoms with Crippen LogP contribution in [-0.4, -0.2) is 0 Å². The zero-order chi connectivity index (χ0) is 15.1. The third-order valence-corrected chi connectivity index (χ3v) is 5.50. The van der Waals surface area contributed by atoms with Gasteiger partial charge in [0.15, 0.2) is 0 Å². The third kappa shape index (κ3) is 3.57. The molecule has 0 aliphatic heterocycles. The van der Waals surface area contributed by atoms with E-state index in [2.05, 4.69) is 47.6 Å². The standard InChI is InChI=1S/C20H36/c1-7-15(8-2)18-13-14-19(16(9-3)10-4)20(18)17(11-5)12-6/h13,15-17H,7-12,14H2,1-6H3. The Bertz CT molecular complexity index is 333. The maximum Gasteiger partial charge on any atom is -0.0124 e. The van der Waals surface area contributed by atoms with Crippen molar-refractivity contribution in [1.82, 2.24) is 0 Å². The van der Waals surface area contributed by atoms with Gasteiger partial charge in [-0.15, -0.1) is 0 Å². The smallest absolute Gasteiger partial charge is 0.0124 e. The molecule has 0 saturated carbocycles. The molecule has 0 bridgehead atoms. The second kappa shape index (κ2) is 8.70. The Morgan fingerprint density at radius 3 is 1.55 bits per heavy atom. The van der Waals surface area contributed by atoms with E-state index in [-0.39, 0.29) is 0 Å². The largest absolute Gasteiger partial charge is 0.0767 e. The van der Waals surface area contributed by atoms with Crippen LogP contribution >= 0.6 is 0 Å². The topological polar surface area (TPSA) is 0 Å². The van der Waals surface area contributed by atoms with E-state index in [4.69, 9.17) is 0 Å². The van der Waals surface area contributed by atoms with Crippen LogP contribution in [0.15, 0.2) is 22.8 Å². The minimum absolute atomic E-state index is 0.789. The van der Waals surface area contributed by atoms with E-state index in [0.717, 1.165) is 17.8 Å². The van der Waals surface area contributed by atoms with Gasteiger partial charge in [0.2, 0.25) is 0 Å². The van der Waals surface area contributed by atoms with E-state index in [9.17, 15) is 0 Å². The third-order valence-electron chi connectivity index (χ3n) is 5.50. The van der Waals surface area contributed by atoms with Gasteiger partial charge in [-0.3, -0.25) is 0 Å². The Hall–Kier alpha value is -0.520. The van der Waals surface area contributed by atoms with Crippen LogP contribution in [0.3, 0.4) is 0 Å². The molecule has 0 saturated heterocycles. The Morgan fingerprint density at radius 1 is 0.700 bits per heavy atom. The van der Waals surface area contributed by atoms with Crippen molar-refractivity contribution in [2.24, 2.45) is 17.8 Å². The molecule has 0 unspecified atom stereocenters. The molecule has 0 nitrogen and oxygen atoms in total. The summed E-state index contributed by atoms with van der Waals surface area (Å²) < 4.78 is 0. The molecule has 0 fully saturated rings. The molecule has 1 rings (SSSR count). The van der Waals surface area contributed by atoms with Gasteiger partial charge in [0.05, 0.1) is 0 Å². The summed E-state index contributed by atoms with van der Waals surface area (Å²) >= 11 is 0. The number of rotatable bonds is 9. The summed E-state index contributed by atoms with van der Waals surface area (Å²) in [6.45, 7) is 14.2. The molecule has 0 atom stereocenters. The highest BCUT2D eigenvalue weighted by Gasteiger charge is 2.29. The Labute approximate surface area is 127 Å². The van der Waals surface area contributed by atoms with E-state index in [1.807, 2.05) is 0 Å². The predicted molar refractivity (Wildman–Crippen MR) is 91.9 cm³/mol. The first-order valence-electron chi connectivity index (χ1n) is 9.11. The first-order valence-corrected chi connectivity index (χ1v) is 9.11. The lowest BCUT2D eigenvalue weighted by atomic mass is 9.78. The van der Waals surface area contributed by atoms with Crippen LogP contribution in [0.4, 0.5) is 0 Å². The molecule has 1 aliphatic carbocycles. The van der Waals surface area contributed by atoms with Gasteiger partial charge in [-0.2, -0.15) is 0 Å². The van der Waals surface area contributed by atoms with Gasteiger partial charge >= 0.3 is 0 Å². The van der Waals surface area contributed by atoms with Crippen molar-refractivity contribution in [3.8, 4) is 0 Å². The maximum absolute atomic E-state index is 2.58. The molecular weight excluding hydrogens is 240 g/mol. The van der Waals surface area contributed by atoms with Crippen LogP contribution in [0.2, 0.25) is 0 Å². The molecule has 20 heavy (non-hydrogen) atoms. The van der Waals surface area contributed by atoms with Gasteiger partial charge in [-0.1, -0.05) is 53.2 Å². The van der Waals surface area contributed by atoms with Crippen molar-refractivity contribution in [2.45, 2.75) is 86.5 Å². The molecule has 0 heterocycles. The predicted octanol–water partition coefficient (Wildman–Crippen LogP) is 6.92. The molecule has 0 aromatic carbocycles. The average molecular weight is 277 g/mol. The lowest BCUT2D eigenvalue weighted by Gasteiger charge is -2.27. The monoisotopic (exact) mass is 276 g/mol. The van der Waals surface area contributed by atoms with Crippen molar-refractivity contribution in [3.05, 3.63) is 22.8 Å². The maximum atomic E-state index is 2.58. The van der Waals surface area contributed by atoms with Crippen molar-refractivity contribution >= 4 is 0 Å². The lowest BCUT2D eigenvalue weighted by Crippen LogP contribution is -2.13. The van der Waals surface area contributed by atoms with Crippen molar-refractivity contribution in [2.75, 3.05) is 0 Å². The van der Waals surface area contributed by atoms with E-state index in [1.165, 1.54) is 44.9 Å². The summed E-state index contributed by atoms with van der Waals surface area (Å²) in [7, 11) is 0. The minimum atomic E-state index is 0.789. The summed E-state index contributed by atoms with van der Waals surface area (Å²) in [6, 6.07) is 0. The van der Waals surface area contributed by atoms with Gasteiger partial charge in [0, 0.05) is 0 Å². The Balaban J connectivity index is 3.20. The SMILES string of the molecule is CCC(CC)C1=CCC(C(CC)CC)=C1C(CC)CC. The average Bonchev–Trinajstić information content (AvgIpc) is 2.88. The lowest BCUT2D eigenvalue weighted by molar-refractivity contribution is 0.503. The number of hydrogen-bond donors (Lipinski definition) is 0. The van der Waals surface area contributed by atoms with Crippen LogP contribution in [0.5, 0.6) is 0 Å². The zero-order valence-corrected chi connectivity index (χ0v) is 14.8. The van der Waals surface area contributed by atoms with Crippen LogP contribution < -0.4 is 0 Å². The van der Waals surface area contributed by atoms with Crippen LogP contribution in [0.25, 0.3) is 0 Å². The highest BCUT2D eigenvalue weighted by atomic mass is 14.3. The molecule has 0 N–H and O–H groups in total. The zero-order valence-electron chi connectivity index (χ0n) is 14.8. The summed E-state index contributed by atoms with van der Waals surface area (Å²) in [5.41, 5.74) is 5.31. The Morgan fingerprint density at radius 2 is 1.15 bits per heavy atom. The fourth-order valence-electron chi connectivity index (χ4n) is 4.10. The molecule has 116 valence electrons. The van der Waals surface area contributed by atoms with E-state index >= 15 is 0 Å². The van der Waals surface area contributed by atoms with Crippen molar-refractivity contribution in [3.63, 3.8) is 0 Å². The van der Waals surface area contributed by atoms with Crippen molar-refractivity contribution in [1.29, 1.82) is 0 Å². The van der Waals surface area contributed by atoms with E-state index in [1.54, 1.807) is 16.7 Å². The first-order chi connectivity index (χ1) is 9.68. The molecule has 1 aliphatic rings. The van der Waals surface area contributed by atoms with Gasteiger partial charge < -0.3 is 0 Å². The minimum Gasteiger partial charge on any atom is -0.0767 e. The van der Waals surface area contributed by atoms with Gasteiger partial charge in [-0.25, -0.2) is 0 Å². The van der Waals surface area contributed by atoms with Crippen LogP contribution in [0, 0.1) is 17.8 Å². The van der Waals surface area contributed by atoms with Gasteiger partial charge in [0.1, 0.15) is 0 Å². The second-order valence-corrected chi connectivity index (χ2v) is 6.34. The highest BCUT2D eigenvalue weighted by molar-refractivity contribution is 5.46. The fourth-order valence-corrected chi connectivity index (χ4v) is 4.10. The van der Waals surface area contributed by atoms with E-state index < -0.39 is 0 Å². The summed E-state index contributed by atoms with van der Waals surface area (Å²) in [5, 5.41) is 0. The van der Waals surface area contributed by atoms with Crippen LogP contribution in [-0.2, 0) is 0 Å². The van der Waals surface area contributed by atoms with Gasteiger partial charge in [0.25, 0.3) is 0 Å². The molecule has 0 amide bonds. The molecule has 0 radical (unpaired) electrons. The van der Waals surface area contributed by atoms with Crippen LogP contribution in [0.1, 0.15) is 86.5 Å². The number of hydrogen-bond acceptors (Lipinski definition) is 0.